The molecule has 0 saturated carbocycles. The number of hydrogen-bond acceptors (Lipinski definition) is 6. The molecule has 4 rings (SSSR count). The number of methoxy groups -OCH3 is 1. The van der Waals surface area contributed by atoms with Crippen LogP contribution in [0.2, 0.25) is 0 Å². The first-order chi connectivity index (χ1) is 15.5. The second-order valence-corrected chi connectivity index (χ2v) is 7.38. The summed E-state index contributed by atoms with van der Waals surface area (Å²) < 4.78 is 16.0. The molecule has 7 heteroatoms. The Labute approximate surface area is 214 Å². The fourth-order valence-electron chi connectivity index (χ4n) is 3.74. The standard InChI is InChI=1S/C26H22O6.Na/c1-16-12-19(9-10-21(16)30-2)25(27)20(13-17-6-4-3-5-7-17)24(26(28)29)18-8-11-22-23(14-18)32-15-31-22;/h3-12,14H,13,15H2,1-2H3,(H,28,29);/q;+1/p-1. The Morgan fingerprint density at radius 2 is 1.64 bits per heavy atom. The van der Waals surface area contributed by atoms with Gasteiger partial charge in [0, 0.05) is 23.1 Å². The van der Waals surface area contributed by atoms with E-state index >= 15 is 0 Å². The first-order valence-corrected chi connectivity index (χ1v) is 10.1. The van der Waals surface area contributed by atoms with E-state index in [1.165, 1.54) is 0 Å². The summed E-state index contributed by atoms with van der Waals surface area (Å²) in [4.78, 5) is 25.9. The summed E-state index contributed by atoms with van der Waals surface area (Å²) in [5.41, 5.74) is 2.22. The van der Waals surface area contributed by atoms with E-state index in [-0.39, 0.29) is 53.9 Å². The molecular weight excluding hydrogens is 431 g/mol. The van der Waals surface area contributed by atoms with Gasteiger partial charge in [0.2, 0.25) is 6.79 Å². The maximum Gasteiger partial charge on any atom is 1.00 e. The van der Waals surface area contributed by atoms with Gasteiger partial charge in [0.15, 0.2) is 17.3 Å². The molecule has 0 bridgehead atoms. The number of hydrogen-bond donors (Lipinski definition) is 0. The molecule has 0 fully saturated rings. The number of carbonyl (C=O) groups is 2. The van der Waals surface area contributed by atoms with Crippen LogP contribution < -0.4 is 48.9 Å². The molecule has 162 valence electrons. The average Bonchev–Trinajstić information content (AvgIpc) is 3.26. The molecule has 3 aromatic carbocycles. The van der Waals surface area contributed by atoms with Crippen LogP contribution in [0.4, 0.5) is 0 Å². The zero-order valence-electron chi connectivity index (χ0n) is 18.7. The zero-order chi connectivity index (χ0) is 22.7. The summed E-state index contributed by atoms with van der Waals surface area (Å²) in [5.74, 6) is -0.239. The molecule has 6 nitrogen and oxygen atoms in total. The van der Waals surface area contributed by atoms with Crippen molar-refractivity contribution in [2.24, 2.45) is 0 Å². The Bertz CT molecular complexity index is 1220. The molecular formula is C26H21NaO6. The predicted molar refractivity (Wildman–Crippen MR) is 117 cm³/mol. The number of fused-ring (bicyclic) bond motifs is 1. The van der Waals surface area contributed by atoms with Gasteiger partial charge >= 0.3 is 29.6 Å². The van der Waals surface area contributed by atoms with Crippen LogP contribution >= 0.6 is 0 Å². The van der Waals surface area contributed by atoms with Crippen LogP contribution in [0, 0.1) is 6.92 Å². The second-order valence-electron chi connectivity index (χ2n) is 7.38. The molecule has 0 aliphatic carbocycles. The molecule has 0 aromatic heterocycles. The molecule has 0 atom stereocenters. The van der Waals surface area contributed by atoms with E-state index in [1.54, 1.807) is 43.5 Å². The molecule has 1 aliphatic heterocycles. The zero-order valence-corrected chi connectivity index (χ0v) is 20.7. The van der Waals surface area contributed by atoms with Crippen LogP contribution in [0.3, 0.4) is 0 Å². The van der Waals surface area contributed by atoms with Gasteiger partial charge in [-0.3, -0.25) is 4.79 Å². The van der Waals surface area contributed by atoms with Crippen molar-refractivity contribution < 1.29 is 58.5 Å². The van der Waals surface area contributed by atoms with Crippen LogP contribution in [0.1, 0.15) is 27.0 Å². The number of allylic oxidation sites excluding steroid dienone is 1. The second kappa shape index (κ2) is 10.7. The normalized spacial score (nSPS) is 12.4. The van der Waals surface area contributed by atoms with Gasteiger partial charge in [0.1, 0.15) is 5.75 Å². The van der Waals surface area contributed by atoms with Crippen LogP contribution in [0.5, 0.6) is 17.2 Å². The minimum Gasteiger partial charge on any atom is -0.545 e. The number of benzene rings is 3. The van der Waals surface area contributed by atoms with Gasteiger partial charge in [-0.1, -0.05) is 36.4 Å². The van der Waals surface area contributed by atoms with E-state index in [9.17, 15) is 14.7 Å². The van der Waals surface area contributed by atoms with Gasteiger partial charge in [-0.15, -0.1) is 0 Å². The molecule has 3 aromatic rings. The van der Waals surface area contributed by atoms with Gasteiger partial charge in [0.05, 0.1) is 13.1 Å². The summed E-state index contributed by atoms with van der Waals surface area (Å²) >= 11 is 0. The molecule has 0 spiro atoms. The van der Waals surface area contributed by atoms with Crippen LogP contribution in [-0.4, -0.2) is 25.7 Å². The van der Waals surface area contributed by atoms with E-state index in [0.717, 1.165) is 11.1 Å². The molecule has 0 unspecified atom stereocenters. The number of ketones is 1. The third kappa shape index (κ3) is 5.30. The van der Waals surface area contributed by atoms with Crippen LogP contribution in [0.15, 0.2) is 72.3 Å². The average molecular weight is 452 g/mol. The van der Waals surface area contributed by atoms with Crippen LogP contribution in [-0.2, 0) is 11.2 Å². The number of aliphatic carboxylic acids is 1. The fourth-order valence-corrected chi connectivity index (χ4v) is 3.74. The quantitative estimate of drug-likeness (QED) is 0.293. The molecule has 0 N–H and O–H groups in total. The molecule has 0 amide bonds. The van der Waals surface area contributed by atoms with E-state index in [4.69, 9.17) is 14.2 Å². The van der Waals surface area contributed by atoms with Gasteiger partial charge in [-0.2, -0.15) is 0 Å². The predicted octanol–water partition coefficient (Wildman–Crippen LogP) is 0.365. The Morgan fingerprint density at radius 1 is 0.939 bits per heavy atom. The number of Topliss-reactive ketones (excluding diaryl/α,β-unsaturated/α-hetero) is 1. The van der Waals surface area contributed by atoms with Gasteiger partial charge in [0.25, 0.3) is 0 Å². The fraction of sp³-hybridized carbons (Fsp3) is 0.154. The third-order valence-corrected chi connectivity index (χ3v) is 5.32. The smallest absolute Gasteiger partial charge is 0.545 e. The van der Waals surface area contributed by atoms with Crippen LogP contribution in [0.25, 0.3) is 5.57 Å². The van der Waals surface area contributed by atoms with Crippen molar-refractivity contribution in [1.29, 1.82) is 0 Å². The Kier molecular flexibility index (Phi) is 7.97. The number of carboxylic acid groups (broad SMARTS) is 1. The Morgan fingerprint density at radius 3 is 2.30 bits per heavy atom. The van der Waals surface area contributed by atoms with Gasteiger partial charge < -0.3 is 24.1 Å². The first-order valence-electron chi connectivity index (χ1n) is 10.1. The monoisotopic (exact) mass is 452 g/mol. The van der Waals surface area contributed by atoms with Crippen molar-refractivity contribution in [3.8, 4) is 17.2 Å². The van der Waals surface area contributed by atoms with Crippen molar-refractivity contribution in [2.45, 2.75) is 13.3 Å². The molecule has 1 heterocycles. The summed E-state index contributed by atoms with van der Waals surface area (Å²) in [6.07, 6.45) is 0.127. The first kappa shape index (κ1) is 24.6. The number of carboxylic acids is 1. The SMILES string of the molecule is COc1ccc(C(=O)C(Cc2ccccc2)=C(C(=O)[O-])c2ccc3c(c2)OCO3)cc1C.[Na+]. The van der Waals surface area contributed by atoms with Crippen molar-refractivity contribution in [3.63, 3.8) is 0 Å². The third-order valence-electron chi connectivity index (χ3n) is 5.32. The summed E-state index contributed by atoms with van der Waals surface area (Å²) in [7, 11) is 1.55. The number of rotatable bonds is 7. The molecule has 1 aliphatic rings. The minimum absolute atomic E-state index is 0. The number of aryl methyl sites for hydroxylation is 1. The molecule has 0 radical (unpaired) electrons. The maximum atomic E-state index is 13.6. The van der Waals surface area contributed by atoms with Crippen molar-refractivity contribution in [3.05, 3.63) is 94.6 Å². The minimum atomic E-state index is -1.44. The van der Waals surface area contributed by atoms with E-state index in [1.807, 2.05) is 37.3 Å². The summed E-state index contributed by atoms with van der Waals surface area (Å²) in [6.45, 7) is 1.89. The summed E-state index contributed by atoms with van der Waals surface area (Å²) in [5, 5.41) is 12.3. The summed E-state index contributed by atoms with van der Waals surface area (Å²) in [6, 6.07) is 19.0. The van der Waals surface area contributed by atoms with Crippen molar-refractivity contribution in [1.82, 2.24) is 0 Å². The Hall–Kier alpha value is -3.06. The Balaban J connectivity index is 0.00000306. The molecule has 33 heavy (non-hydrogen) atoms. The van der Waals surface area contributed by atoms with Crippen molar-refractivity contribution in [2.75, 3.05) is 13.9 Å². The number of ether oxygens (including phenoxy) is 3. The maximum absolute atomic E-state index is 13.6. The van der Waals surface area contributed by atoms with E-state index < -0.39 is 11.8 Å². The van der Waals surface area contributed by atoms with E-state index in [0.29, 0.717) is 28.4 Å². The number of carbonyl (C=O) groups excluding carboxylic acids is 2. The van der Waals surface area contributed by atoms with Gasteiger partial charge in [-0.05, 0) is 53.9 Å². The molecule has 0 saturated heterocycles. The largest absolute Gasteiger partial charge is 1.00 e. The van der Waals surface area contributed by atoms with Gasteiger partial charge in [-0.25, -0.2) is 0 Å². The van der Waals surface area contributed by atoms with E-state index in [2.05, 4.69) is 0 Å². The topological polar surface area (TPSA) is 84.9 Å². The van der Waals surface area contributed by atoms with Crippen molar-refractivity contribution >= 4 is 17.3 Å².